The van der Waals surface area contributed by atoms with Crippen LogP contribution < -0.4 is 5.73 Å². The van der Waals surface area contributed by atoms with Gasteiger partial charge in [-0.15, -0.1) is 0 Å². The van der Waals surface area contributed by atoms with E-state index in [1.165, 1.54) is 0 Å². The lowest BCUT2D eigenvalue weighted by Gasteiger charge is -2.38. The molecule has 3 N–H and O–H groups in total. The minimum Gasteiger partial charge on any atom is -0.480 e. The fourth-order valence-electron chi connectivity index (χ4n) is 3.13. The molecule has 0 bridgehead atoms. The lowest BCUT2D eigenvalue weighted by Crippen LogP contribution is -2.51. The molecule has 0 radical (unpaired) electrons. The van der Waals surface area contributed by atoms with Crippen molar-refractivity contribution in [2.75, 3.05) is 52.5 Å². The van der Waals surface area contributed by atoms with Crippen molar-refractivity contribution in [3.05, 3.63) is 0 Å². The number of hydrogen-bond donors (Lipinski definition) is 2. The smallest absolute Gasteiger partial charge is 0.317 e. The van der Waals surface area contributed by atoms with Crippen LogP contribution in [-0.2, 0) is 14.3 Å². The SMILES string of the molecule is NCC1(C(=O)N2CCCN(CC(=O)O)CC2)CCOCC1. The zero-order valence-electron chi connectivity index (χ0n) is 12.4. The minimum absolute atomic E-state index is 0.0396. The van der Waals surface area contributed by atoms with Gasteiger partial charge in [-0.2, -0.15) is 0 Å². The molecule has 2 aliphatic heterocycles. The number of carboxylic acid groups (broad SMARTS) is 1. The van der Waals surface area contributed by atoms with Crippen LogP contribution in [-0.4, -0.2) is 79.3 Å². The first-order valence-electron chi connectivity index (χ1n) is 7.59. The lowest BCUT2D eigenvalue weighted by atomic mass is 9.79. The van der Waals surface area contributed by atoms with E-state index in [2.05, 4.69) is 0 Å². The highest BCUT2D eigenvalue weighted by atomic mass is 16.5. The summed E-state index contributed by atoms with van der Waals surface area (Å²) in [5.41, 5.74) is 5.40. The van der Waals surface area contributed by atoms with Gasteiger partial charge >= 0.3 is 5.97 Å². The molecule has 120 valence electrons. The van der Waals surface area contributed by atoms with Gasteiger partial charge in [0.25, 0.3) is 0 Å². The number of carbonyl (C=O) groups excluding carboxylic acids is 1. The molecule has 0 atom stereocenters. The molecule has 2 aliphatic rings. The van der Waals surface area contributed by atoms with Gasteiger partial charge in [-0.1, -0.05) is 0 Å². The second-order valence-electron chi connectivity index (χ2n) is 5.91. The summed E-state index contributed by atoms with van der Waals surface area (Å²) in [6.45, 7) is 4.14. The molecule has 2 fully saturated rings. The molecule has 21 heavy (non-hydrogen) atoms. The zero-order valence-corrected chi connectivity index (χ0v) is 12.4. The van der Waals surface area contributed by atoms with Crippen molar-refractivity contribution in [3.8, 4) is 0 Å². The first kappa shape index (κ1) is 16.2. The second kappa shape index (κ2) is 7.20. The number of aliphatic carboxylic acids is 1. The number of ether oxygens (including phenoxy) is 1. The van der Waals surface area contributed by atoms with Crippen LogP contribution in [0.25, 0.3) is 0 Å². The number of carboxylic acids is 1. The average molecular weight is 299 g/mol. The number of nitrogens with zero attached hydrogens (tertiary/aromatic N) is 2. The van der Waals surface area contributed by atoms with Gasteiger partial charge in [0.15, 0.2) is 0 Å². The Morgan fingerprint density at radius 1 is 1.14 bits per heavy atom. The van der Waals surface area contributed by atoms with Gasteiger partial charge in [-0.25, -0.2) is 0 Å². The fourth-order valence-corrected chi connectivity index (χ4v) is 3.13. The van der Waals surface area contributed by atoms with E-state index in [0.717, 1.165) is 13.0 Å². The average Bonchev–Trinajstić information content (AvgIpc) is 2.72. The van der Waals surface area contributed by atoms with Crippen LogP contribution in [0.4, 0.5) is 0 Å². The molecular weight excluding hydrogens is 274 g/mol. The van der Waals surface area contributed by atoms with E-state index in [1.807, 2.05) is 9.80 Å². The van der Waals surface area contributed by atoms with E-state index >= 15 is 0 Å². The molecule has 0 spiro atoms. The summed E-state index contributed by atoms with van der Waals surface area (Å²) in [6.07, 6.45) is 2.16. The third-order valence-electron chi connectivity index (χ3n) is 4.53. The molecule has 1 amide bonds. The number of amides is 1. The molecule has 7 nitrogen and oxygen atoms in total. The van der Waals surface area contributed by atoms with Crippen molar-refractivity contribution >= 4 is 11.9 Å². The van der Waals surface area contributed by atoms with E-state index < -0.39 is 11.4 Å². The quantitative estimate of drug-likeness (QED) is 0.717. The van der Waals surface area contributed by atoms with Crippen molar-refractivity contribution in [1.29, 1.82) is 0 Å². The molecule has 2 rings (SSSR count). The minimum atomic E-state index is -0.822. The van der Waals surface area contributed by atoms with E-state index in [1.54, 1.807) is 0 Å². The molecule has 2 heterocycles. The molecule has 0 aromatic heterocycles. The van der Waals surface area contributed by atoms with E-state index in [4.69, 9.17) is 15.6 Å². The fraction of sp³-hybridized carbons (Fsp3) is 0.857. The highest BCUT2D eigenvalue weighted by Crippen LogP contribution is 2.32. The summed E-state index contributed by atoms with van der Waals surface area (Å²) in [7, 11) is 0. The molecule has 2 saturated heterocycles. The molecule has 0 aromatic carbocycles. The maximum absolute atomic E-state index is 12.8. The Balaban J connectivity index is 1.97. The normalized spacial score (nSPS) is 23.6. The first-order chi connectivity index (χ1) is 10.1. The van der Waals surface area contributed by atoms with Gasteiger partial charge in [-0.05, 0) is 19.3 Å². The predicted octanol–water partition coefficient (Wildman–Crippen LogP) is -0.639. The zero-order chi connectivity index (χ0) is 15.3. The van der Waals surface area contributed by atoms with E-state index in [9.17, 15) is 9.59 Å². The van der Waals surface area contributed by atoms with Gasteiger partial charge in [0, 0.05) is 45.9 Å². The highest BCUT2D eigenvalue weighted by Gasteiger charge is 2.41. The highest BCUT2D eigenvalue weighted by molar-refractivity contribution is 5.83. The number of carbonyl (C=O) groups is 2. The molecule has 0 aromatic rings. The predicted molar refractivity (Wildman–Crippen MR) is 76.8 cm³/mol. The van der Waals surface area contributed by atoms with Crippen LogP contribution in [0.5, 0.6) is 0 Å². The molecule has 0 saturated carbocycles. The first-order valence-corrected chi connectivity index (χ1v) is 7.59. The van der Waals surface area contributed by atoms with Crippen LogP contribution in [0.15, 0.2) is 0 Å². The number of rotatable bonds is 4. The van der Waals surface area contributed by atoms with Gasteiger partial charge in [0.2, 0.25) is 5.91 Å². The Bertz CT molecular complexity index is 382. The van der Waals surface area contributed by atoms with Crippen molar-refractivity contribution in [2.45, 2.75) is 19.3 Å². The van der Waals surface area contributed by atoms with Gasteiger partial charge in [0.1, 0.15) is 0 Å². The summed E-state index contributed by atoms with van der Waals surface area (Å²) in [5, 5.41) is 8.86. The molecule has 7 heteroatoms. The third kappa shape index (κ3) is 3.93. The van der Waals surface area contributed by atoms with Crippen LogP contribution in [0.2, 0.25) is 0 Å². The summed E-state index contributed by atoms with van der Waals surface area (Å²) < 4.78 is 5.35. The summed E-state index contributed by atoms with van der Waals surface area (Å²) in [5.74, 6) is -0.705. The monoisotopic (exact) mass is 299 g/mol. The standard InChI is InChI=1S/C14H25N3O4/c15-11-14(2-8-21-9-3-14)13(20)17-5-1-4-16(6-7-17)10-12(18)19/h1-11,15H2,(H,18,19). The maximum atomic E-state index is 12.8. The Morgan fingerprint density at radius 2 is 1.86 bits per heavy atom. The van der Waals surface area contributed by atoms with E-state index in [-0.39, 0.29) is 12.5 Å². The Labute approximate surface area is 125 Å². The van der Waals surface area contributed by atoms with Gasteiger partial charge in [-0.3, -0.25) is 14.5 Å². The van der Waals surface area contributed by atoms with Crippen molar-refractivity contribution in [3.63, 3.8) is 0 Å². The second-order valence-corrected chi connectivity index (χ2v) is 5.91. The van der Waals surface area contributed by atoms with Crippen LogP contribution in [0.3, 0.4) is 0 Å². The number of nitrogens with two attached hydrogens (primary N) is 1. The maximum Gasteiger partial charge on any atom is 0.317 e. The lowest BCUT2D eigenvalue weighted by molar-refractivity contribution is -0.147. The van der Waals surface area contributed by atoms with Gasteiger partial charge in [0.05, 0.1) is 12.0 Å². The van der Waals surface area contributed by atoms with Crippen LogP contribution in [0, 0.1) is 5.41 Å². The third-order valence-corrected chi connectivity index (χ3v) is 4.53. The van der Waals surface area contributed by atoms with Crippen molar-refractivity contribution in [2.24, 2.45) is 11.1 Å². The molecule has 0 aliphatic carbocycles. The van der Waals surface area contributed by atoms with Crippen molar-refractivity contribution < 1.29 is 19.4 Å². The Morgan fingerprint density at radius 3 is 2.48 bits per heavy atom. The molecule has 0 unspecified atom stereocenters. The number of hydrogen-bond acceptors (Lipinski definition) is 5. The van der Waals surface area contributed by atoms with Crippen molar-refractivity contribution in [1.82, 2.24) is 9.80 Å². The topological polar surface area (TPSA) is 96.1 Å². The van der Waals surface area contributed by atoms with Crippen LogP contribution in [0.1, 0.15) is 19.3 Å². The van der Waals surface area contributed by atoms with E-state index in [0.29, 0.717) is 52.2 Å². The van der Waals surface area contributed by atoms with Crippen LogP contribution >= 0.6 is 0 Å². The Kier molecular flexibility index (Phi) is 5.55. The molecular formula is C14H25N3O4. The largest absolute Gasteiger partial charge is 0.480 e. The van der Waals surface area contributed by atoms with Gasteiger partial charge < -0.3 is 20.5 Å². The summed E-state index contributed by atoms with van der Waals surface area (Å²) in [6, 6.07) is 0. The summed E-state index contributed by atoms with van der Waals surface area (Å²) in [4.78, 5) is 27.4. The summed E-state index contributed by atoms with van der Waals surface area (Å²) >= 11 is 0. The Hall–Kier alpha value is -1.18.